The van der Waals surface area contributed by atoms with Crippen LogP contribution in [0.2, 0.25) is 0 Å². The van der Waals surface area contributed by atoms with Crippen molar-refractivity contribution in [2.24, 2.45) is 0 Å². The highest BCUT2D eigenvalue weighted by atomic mass is 32.2. The monoisotopic (exact) mass is 324 g/mol. The van der Waals surface area contributed by atoms with E-state index in [1.165, 1.54) is 28.8 Å². The number of nitrogens with one attached hydrogen (secondary N) is 1. The number of benzene rings is 1. The molecule has 0 radical (unpaired) electrons. The largest absolute Gasteiger partial charge is 0.380 e. The minimum atomic E-state index is -3.35. The Balaban J connectivity index is 2.07. The predicted octanol–water partition coefficient (Wildman–Crippen LogP) is 3.17. The summed E-state index contributed by atoms with van der Waals surface area (Å²) in [7, 11) is -0.290. The van der Waals surface area contributed by atoms with Crippen molar-refractivity contribution in [2.75, 3.05) is 19.4 Å². The van der Waals surface area contributed by atoms with Gasteiger partial charge in [0.1, 0.15) is 0 Å². The molecule has 0 amide bonds. The lowest BCUT2D eigenvalue weighted by Gasteiger charge is -2.12. The maximum Gasteiger partial charge on any atom is 0.242 e. The fourth-order valence-electron chi connectivity index (χ4n) is 1.98. The second-order valence-electron chi connectivity index (χ2n) is 4.89. The van der Waals surface area contributed by atoms with Crippen molar-refractivity contribution in [3.05, 3.63) is 46.2 Å². The molecule has 21 heavy (non-hydrogen) atoms. The Morgan fingerprint density at radius 1 is 1.14 bits per heavy atom. The summed E-state index contributed by atoms with van der Waals surface area (Å²) in [6, 6.07) is 9.01. The van der Waals surface area contributed by atoms with E-state index in [0.29, 0.717) is 4.90 Å². The highest BCUT2D eigenvalue weighted by Crippen LogP contribution is 2.20. The topological polar surface area (TPSA) is 49.4 Å². The SMILES string of the molecule is CCc1ccsc1CNc1ccc(S(=O)(=O)N(C)C)cc1. The molecular weight excluding hydrogens is 304 g/mol. The summed E-state index contributed by atoms with van der Waals surface area (Å²) in [6.07, 6.45) is 1.03. The molecule has 0 saturated heterocycles. The van der Waals surface area contributed by atoms with Gasteiger partial charge < -0.3 is 5.32 Å². The van der Waals surface area contributed by atoms with Crippen LogP contribution >= 0.6 is 11.3 Å². The van der Waals surface area contributed by atoms with Crippen LogP contribution in [-0.4, -0.2) is 26.8 Å². The summed E-state index contributed by atoms with van der Waals surface area (Å²) >= 11 is 1.74. The Morgan fingerprint density at radius 2 is 1.81 bits per heavy atom. The molecule has 0 bridgehead atoms. The lowest BCUT2D eigenvalue weighted by atomic mass is 10.2. The standard InChI is InChI=1S/C15H20N2O2S2/c1-4-12-9-10-20-15(12)11-16-13-5-7-14(8-6-13)21(18,19)17(2)3/h5-10,16H,4,11H2,1-3H3. The van der Waals surface area contributed by atoms with Crippen molar-refractivity contribution in [1.82, 2.24) is 4.31 Å². The van der Waals surface area contributed by atoms with Gasteiger partial charge in [0.2, 0.25) is 10.0 Å². The first kappa shape index (κ1) is 16.0. The zero-order chi connectivity index (χ0) is 15.5. The lowest BCUT2D eigenvalue weighted by molar-refractivity contribution is 0.521. The molecular formula is C15H20N2O2S2. The normalized spacial score (nSPS) is 11.8. The van der Waals surface area contributed by atoms with Gasteiger partial charge in [0.25, 0.3) is 0 Å². The van der Waals surface area contributed by atoms with Crippen molar-refractivity contribution < 1.29 is 8.42 Å². The van der Waals surface area contributed by atoms with E-state index in [1.807, 2.05) is 0 Å². The van der Waals surface area contributed by atoms with E-state index in [4.69, 9.17) is 0 Å². The van der Waals surface area contributed by atoms with E-state index < -0.39 is 10.0 Å². The minimum Gasteiger partial charge on any atom is -0.380 e. The van der Waals surface area contributed by atoms with E-state index in [1.54, 1.807) is 35.6 Å². The Labute approximate surface area is 130 Å². The number of rotatable bonds is 6. The molecule has 0 spiro atoms. The van der Waals surface area contributed by atoms with Crippen LogP contribution in [0, 0.1) is 0 Å². The third-order valence-corrected chi connectivity index (χ3v) is 6.10. The second-order valence-corrected chi connectivity index (χ2v) is 8.04. The number of hydrogen-bond donors (Lipinski definition) is 1. The van der Waals surface area contributed by atoms with Gasteiger partial charge in [-0.15, -0.1) is 11.3 Å². The molecule has 1 heterocycles. The van der Waals surface area contributed by atoms with E-state index >= 15 is 0 Å². The number of thiophene rings is 1. The third-order valence-electron chi connectivity index (χ3n) is 3.30. The Kier molecular flexibility index (Phi) is 5.03. The van der Waals surface area contributed by atoms with Gasteiger partial charge in [-0.05, 0) is 47.7 Å². The average molecular weight is 324 g/mol. The van der Waals surface area contributed by atoms with Gasteiger partial charge in [0.15, 0.2) is 0 Å². The van der Waals surface area contributed by atoms with Crippen LogP contribution < -0.4 is 5.32 Å². The van der Waals surface area contributed by atoms with Crippen LogP contribution in [0.5, 0.6) is 0 Å². The number of nitrogens with zero attached hydrogens (tertiary/aromatic N) is 1. The summed E-state index contributed by atoms with van der Waals surface area (Å²) in [5.74, 6) is 0. The van der Waals surface area contributed by atoms with Gasteiger partial charge in [-0.25, -0.2) is 12.7 Å². The van der Waals surface area contributed by atoms with Gasteiger partial charge in [0, 0.05) is 31.2 Å². The van der Waals surface area contributed by atoms with Crippen molar-refractivity contribution in [1.29, 1.82) is 0 Å². The molecule has 114 valence electrons. The van der Waals surface area contributed by atoms with Crippen molar-refractivity contribution in [3.8, 4) is 0 Å². The van der Waals surface area contributed by atoms with Gasteiger partial charge in [0.05, 0.1) is 4.90 Å². The van der Waals surface area contributed by atoms with Crippen LogP contribution in [0.1, 0.15) is 17.4 Å². The van der Waals surface area contributed by atoms with E-state index in [-0.39, 0.29) is 0 Å². The zero-order valence-corrected chi connectivity index (χ0v) is 14.1. The zero-order valence-electron chi connectivity index (χ0n) is 12.5. The van der Waals surface area contributed by atoms with E-state index in [0.717, 1.165) is 18.7 Å². The Bertz CT molecular complexity index is 689. The molecule has 0 saturated carbocycles. The van der Waals surface area contributed by atoms with Crippen LogP contribution in [0.25, 0.3) is 0 Å². The predicted molar refractivity (Wildman–Crippen MR) is 88.3 cm³/mol. The molecule has 0 aliphatic rings. The Morgan fingerprint density at radius 3 is 2.38 bits per heavy atom. The fourth-order valence-corrected chi connectivity index (χ4v) is 3.79. The highest BCUT2D eigenvalue weighted by Gasteiger charge is 2.16. The summed E-state index contributed by atoms with van der Waals surface area (Å²) in [6.45, 7) is 2.91. The van der Waals surface area contributed by atoms with Gasteiger partial charge in [-0.1, -0.05) is 6.92 Å². The van der Waals surface area contributed by atoms with Crippen LogP contribution in [-0.2, 0) is 23.0 Å². The third kappa shape index (κ3) is 3.64. The van der Waals surface area contributed by atoms with E-state index in [9.17, 15) is 8.42 Å². The van der Waals surface area contributed by atoms with Crippen molar-refractivity contribution in [2.45, 2.75) is 24.8 Å². The summed E-state index contributed by atoms with van der Waals surface area (Å²) in [4.78, 5) is 1.63. The quantitative estimate of drug-likeness (QED) is 0.888. The van der Waals surface area contributed by atoms with Gasteiger partial charge in [-0.2, -0.15) is 0 Å². The number of sulfonamides is 1. The first-order chi connectivity index (χ1) is 9.95. The van der Waals surface area contributed by atoms with Crippen LogP contribution in [0.15, 0.2) is 40.6 Å². The second kappa shape index (κ2) is 6.60. The molecule has 0 atom stereocenters. The average Bonchev–Trinajstić information content (AvgIpc) is 2.92. The highest BCUT2D eigenvalue weighted by molar-refractivity contribution is 7.89. The summed E-state index contributed by atoms with van der Waals surface area (Å²) in [5.41, 5.74) is 2.28. The number of aryl methyl sites for hydroxylation is 1. The van der Waals surface area contributed by atoms with Crippen molar-refractivity contribution >= 4 is 27.0 Å². The van der Waals surface area contributed by atoms with Crippen molar-refractivity contribution in [3.63, 3.8) is 0 Å². The van der Waals surface area contributed by atoms with Gasteiger partial charge >= 0.3 is 0 Å². The lowest BCUT2D eigenvalue weighted by Crippen LogP contribution is -2.22. The fraction of sp³-hybridized carbons (Fsp3) is 0.333. The first-order valence-corrected chi connectivity index (χ1v) is 9.09. The molecule has 4 nitrogen and oxygen atoms in total. The molecule has 0 unspecified atom stereocenters. The molecule has 0 aliphatic carbocycles. The summed E-state index contributed by atoms with van der Waals surface area (Å²) < 4.78 is 25.2. The molecule has 0 fully saturated rings. The maximum atomic E-state index is 12.0. The van der Waals surface area contributed by atoms with Crippen LogP contribution in [0.4, 0.5) is 5.69 Å². The molecule has 6 heteroatoms. The summed E-state index contributed by atoms with van der Waals surface area (Å²) in [5, 5.41) is 5.43. The smallest absolute Gasteiger partial charge is 0.242 e. The van der Waals surface area contributed by atoms with Crippen LogP contribution in [0.3, 0.4) is 0 Å². The molecule has 1 N–H and O–H groups in total. The van der Waals surface area contributed by atoms with Gasteiger partial charge in [-0.3, -0.25) is 0 Å². The number of anilines is 1. The maximum absolute atomic E-state index is 12.0. The molecule has 2 rings (SSSR count). The molecule has 2 aromatic rings. The molecule has 0 aliphatic heterocycles. The molecule has 1 aromatic carbocycles. The van der Waals surface area contributed by atoms with E-state index in [2.05, 4.69) is 23.7 Å². The first-order valence-electron chi connectivity index (χ1n) is 6.77. The number of hydrogen-bond acceptors (Lipinski definition) is 4. The Hall–Kier alpha value is -1.37. The minimum absolute atomic E-state index is 0.309. The molecule has 1 aromatic heterocycles.